The van der Waals surface area contributed by atoms with E-state index < -0.39 is 0 Å². The van der Waals surface area contributed by atoms with Crippen LogP contribution in [0, 0.1) is 0 Å². The van der Waals surface area contributed by atoms with Crippen LogP contribution in [0.4, 0.5) is 0 Å². The van der Waals surface area contributed by atoms with Crippen LogP contribution in [-0.4, -0.2) is 9.97 Å². The molecular formula is C46H26N2S. The van der Waals surface area contributed by atoms with E-state index in [1.165, 1.54) is 74.4 Å². The molecule has 8 aromatic carbocycles. The molecule has 226 valence electrons. The Morgan fingerprint density at radius 2 is 1.00 bits per heavy atom. The Hall–Kier alpha value is -6.16. The Labute approximate surface area is 285 Å². The van der Waals surface area contributed by atoms with E-state index in [1.54, 1.807) is 0 Å². The Kier molecular flexibility index (Phi) is 5.57. The molecule has 0 aliphatic heterocycles. The summed E-state index contributed by atoms with van der Waals surface area (Å²) in [6.45, 7) is 0. The van der Waals surface area contributed by atoms with Crippen molar-refractivity contribution in [3.63, 3.8) is 0 Å². The van der Waals surface area contributed by atoms with Crippen LogP contribution in [0.25, 0.3) is 107 Å². The minimum Gasteiger partial charge on any atom is -0.254 e. The first-order valence-corrected chi connectivity index (χ1v) is 17.5. The molecule has 49 heavy (non-hydrogen) atoms. The van der Waals surface area contributed by atoms with Gasteiger partial charge in [0, 0.05) is 48.1 Å². The number of aromatic nitrogens is 2. The molecular weight excluding hydrogens is 613 g/mol. The molecule has 0 unspecified atom stereocenters. The van der Waals surface area contributed by atoms with Crippen LogP contribution in [0.1, 0.15) is 0 Å². The second-order valence-corrected chi connectivity index (χ2v) is 13.9. The van der Waals surface area contributed by atoms with E-state index in [1.807, 2.05) is 23.6 Å². The molecule has 11 aromatic rings. The smallest absolute Gasteiger partial charge is 0.0972 e. The summed E-state index contributed by atoms with van der Waals surface area (Å²) >= 11 is 1.90. The van der Waals surface area contributed by atoms with Gasteiger partial charge in [-0.05, 0) is 73.1 Å². The lowest BCUT2D eigenvalue weighted by Crippen LogP contribution is -1.94. The first-order chi connectivity index (χ1) is 24.3. The second kappa shape index (κ2) is 10.2. The molecule has 3 aromatic heterocycles. The van der Waals surface area contributed by atoms with E-state index >= 15 is 0 Å². The van der Waals surface area contributed by atoms with Gasteiger partial charge in [-0.3, -0.25) is 4.98 Å². The minimum atomic E-state index is 0.931. The summed E-state index contributed by atoms with van der Waals surface area (Å²) in [6.07, 6.45) is 1.86. The highest BCUT2D eigenvalue weighted by atomic mass is 32.1. The summed E-state index contributed by atoms with van der Waals surface area (Å²) in [5.41, 5.74) is 6.49. The molecule has 0 N–H and O–H groups in total. The lowest BCUT2D eigenvalue weighted by molar-refractivity contribution is 1.38. The fraction of sp³-hybridized carbons (Fsp3) is 0. The first-order valence-electron chi connectivity index (χ1n) is 16.7. The highest BCUT2D eigenvalue weighted by molar-refractivity contribution is 7.26. The van der Waals surface area contributed by atoms with Gasteiger partial charge in [-0.15, -0.1) is 11.3 Å². The minimum absolute atomic E-state index is 0.931. The van der Waals surface area contributed by atoms with Gasteiger partial charge in [-0.2, -0.15) is 0 Å². The van der Waals surface area contributed by atoms with E-state index in [-0.39, 0.29) is 0 Å². The van der Waals surface area contributed by atoms with Crippen LogP contribution in [0.2, 0.25) is 0 Å². The number of fused-ring (bicyclic) bond motifs is 12. The molecule has 0 radical (unpaired) electrons. The maximum atomic E-state index is 5.35. The van der Waals surface area contributed by atoms with Crippen LogP contribution in [-0.2, 0) is 0 Å². The Balaban J connectivity index is 1.26. The molecule has 0 bridgehead atoms. The molecule has 0 amide bonds. The number of hydrogen-bond acceptors (Lipinski definition) is 3. The predicted octanol–water partition coefficient (Wildman–Crippen LogP) is 13.1. The van der Waals surface area contributed by atoms with Crippen LogP contribution in [0.5, 0.6) is 0 Å². The van der Waals surface area contributed by atoms with Crippen molar-refractivity contribution in [2.75, 3.05) is 0 Å². The molecule has 0 spiro atoms. The fourth-order valence-electron chi connectivity index (χ4n) is 8.14. The Morgan fingerprint density at radius 1 is 0.408 bits per heavy atom. The lowest BCUT2D eigenvalue weighted by atomic mass is 9.84. The van der Waals surface area contributed by atoms with Gasteiger partial charge in [-0.1, -0.05) is 127 Å². The van der Waals surface area contributed by atoms with Crippen LogP contribution in [0.15, 0.2) is 158 Å². The third-order valence-electron chi connectivity index (χ3n) is 10.3. The second-order valence-electron chi connectivity index (χ2n) is 12.9. The molecule has 0 atom stereocenters. The van der Waals surface area contributed by atoms with E-state index in [4.69, 9.17) is 9.97 Å². The van der Waals surface area contributed by atoms with Crippen molar-refractivity contribution in [3.8, 4) is 22.4 Å². The van der Waals surface area contributed by atoms with Crippen molar-refractivity contribution in [1.82, 2.24) is 9.97 Å². The summed E-state index contributed by atoms with van der Waals surface area (Å²) < 4.78 is 2.69. The van der Waals surface area contributed by atoms with Gasteiger partial charge < -0.3 is 0 Å². The topological polar surface area (TPSA) is 25.8 Å². The zero-order valence-corrected chi connectivity index (χ0v) is 27.1. The van der Waals surface area contributed by atoms with Gasteiger partial charge in [0.2, 0.25) is 0 Å². The number of nitrogens with zero attached hydrogens (tertiary/aromatic N) is 2. The van der Waals surface area contributed by atoms with Gasteiger partial charge in [0.05, 0.1) is 16.7 Å². The van der Waals surface area contributed by atoms with Crippen LogP contribution < -0.4 is 0 Å². The summed E-state index contributed by atoms with van der Waals surface area (Å²) in [6, 6.07) is 55.3. The van der Waals surface area contributed by atoms with Crippen molar-refractivity contribution in [2.24, 2.45) is 0 Å². The molecule has 0 aliphatic carbocycles. The molecule has 0 saturated carbocycles. The summed E-state index contributed by atoms with van der Waals surface area (Å²) in [5, 5.41) is 14.9. The molecule has 0 saturated heterocycles. The van der Waals surface area contributed by atoms with Gasteiger partial charge in [0.15, 0.2) is 0 Å². The summed E-state index contributed by atoms with van der Waals surface area (Å²) in [7, 11) is 0. The largest absolute Gasteiger partial charge is 0.254 e. The number of benzene rings is 8. The molecule has 11 rings (SSSR count). The highest BCUT2D eigenvalue weighted by Crippen LogP contribution is 2.48. The van der Waals surface area contributed by atoms with Crippen molar-refractivity contribution < 1.29 is 0 Å². The number of pyridine rings is 2. The maximum absolute atomic E-state index is 5.35. The monoisotopic (exact) mass is 638 g/mol. The zero-order valence-electron chi connectivity index (χ0n) is 26.3. The Bertz CT molecular complexity index is 3120. The normalized spacial score (nSPS) is 12.1. The van der Waals surface area contributed by atoms with E-state index in [0.717, 1.165) is 33.1 Å². The van der Waals surface area contributed by atoms with Crippen molar-refractivity contribution in [2.45, 2.75) is 0 Å². The molecule has 3 heteroatoms. The SMILES string of the molecule is c1cnc2c(c1)ccc1ccc(-c3c4ccccc4c(-c4cc5ccc6c7ccccc7sc6c5c5ccccc45)c4ccccc34)nc12. The van der Waals surface area contributed by atoms with Crippen LogP contribution >= 0.6 is 11.3 Å². The number of rotatable bonds is 2. The predicted molar refractivity (Wildman–Crippen MR) is 211 cm³/mol. The zero-order chi connectivity index (χ0) is 32.1. The lowest BCUT2D eigenvalue weighted by Gasteiger charge is -2.19. The average Bonchev–Trinajstić information content (AvgIpc) is 3.55. The van der Waals surface area contributed by atoms with Gasteiger partial charge in [0.25, 0.3) is 0 Å². The van der Waals surface area contributed by atoms with Crippen molar-refractivity contribution in [1.29, 1.82) is 0 Å². The standard InChI is InChI=1S/C46H26N2S/c1-2-13-32-30(11-1)38(26-29-21-23-37-31-12-7-8-18-40(31)49-46(37)41(29)32)42-33-14-3-5-16-35(33)43(36-17-6-4-15-34(36)42)39-24-22-28-20-19-27-10-9-25-47-44(27)45(28)48-39/h1-26H. The van der Waals surface area contributed by atoms with E-state index in [2.05, 4.69) is 146 Å². The summed E-state index contributed by atoms with van der Waals surface area (Å²) in [5.74, 6) is 0. The maximum Gasteiger partial charge on any atom is 0.0972 e. The third-order valence-corrected chi connectivity index (χ3v) is 11.5. The first kappa shape index (κ1) is 26.9. The van der Waals surface area contributed by atoms with Gasteiger partial charge in [-0.25, -0.2) is 4.98 Å². The van der Waals surface area contributed by atoms with Gasteiger partial charge >= 0.3 is 0 Å². The number of thiophene rings is 1. The quantitative estimate of drug-likeness (QED) is 0.139. The number of hydrogen-bond donors (Lipinski definition) is 0. The molecule has 0 fully saturated rings. The summed E-state index contributed by atoms with van der Waals surface area (Å²) in [4.78, 5) is 10.1. The molecule has 2 nitrogen and oxygen atoms in total. The third kappa shape index (κ3) is 3.82. The van der Waals surface area contributed by atoms with E-state index in [0.29, 0.717) is 0 Å². The average molecular weight is 639 g/mol. The highest BCUT2D eigenvalue weighted by Gasteiger charge is 2.21. The fourth-order valence-corrected chi connectivity index (χ4v) is 9.41. The molecule has 3 heterocycles. The Morgan fingerprint density at radius 3 is 1.76 bits per heavy atom. The van der Waals surface area contributed by atoms with E-state index in [9.17, 15) is 0 Å². The van der Waals surface area contributed by atoms with Crippen molar-refractivity contribution >= 4 is 96.4 Å². The van der Waals surface area contributed by atoms with Crippen molar-refractivity contribution in [3.05, 3.63) is 158 Å². The van der Waals surface area contributed by atoms with Crippen LogP contribution in [0.3, 0.4) is 0 Å². The van der Waals surface area contributed by atoms with Gasteiger partial charge in [0.1, 0.15) is 0 Å². The molecule has 0 aliphatic rings.